The Labute approximate surface area is 195 Å². The Hall–Kier alpha value is -4.26. The van der Waals surface area contributed by atoms with Crippen LogP contribution in [0.1, 0.15) is 22.6 Å². The van der Waals surface area contributed by atoms with Gasteiger partial charge in [0, 0.05) is 16.1 Å². The lowest BCUT2D eigenvalue weighted by Crippen LogP contribution is -2.32. The summed E-state index contributed by atoms with van der Waals surface area (Å²) in [5.74, 6) is -5.09. The first-order valence-corrected chi connectivity index (χ1v) is 10.5. The Balaban J connectivity index is 2.01. The van der Waals surface area contributed by atoms with E-state index in [2.05, 4.69) is 0 Å². The maximum atomic E-state index is 14.0. The molecule has 0 amide bonds. The van der Waals surface area contributed by atoms with Gasteiger partial charge in [0.15, 0.2) is 11.6 Å². The molecule has 3 rings (SSSR count). The summed E-state index contributed by atoms with van der Waals surface area (Å²) in [4.78, 5) is 37.2. The van der Waals surface area contributed by atoms with Crippen LogP contribution in [0, 0.1) is 27.7 Å². The van der Waals surface area contributed by atoms with Gasteiger partial charge in [0.25, 0.3) is 0 Å². The minimum atomic E-state index is -1.46. The average Bonchev–Trinajstić information content (AvgIpc) is 2.83. The lowest BCUT2D eigenvalue weighted by Gasteiger charge is -2.20. The molecule has 2 atom stereocenters. The summed E-state index contributed by atoms with van der Waals surface area (Å²) in [6.07, 6.45) is 4.56. The zero-order chi connectivity index (χ0) is 24.5. The lowest BCUT2D eigenvalue weighted by molar-refractivity contribution is -0.484. The molecule has 3 aromatic rings. The standard InChI is InChI=1S/C27H21F2NO4/c28-23-12-6-4-10-20(23)14-16-25(31)27(22(18-30(33)34)19-8-2-1-3-9-19)26(32)17-15-21-11-5-7-13-24(21)29/h1-17,22,27H,18H2/b16-14-,17-15+/t22-,27?/m1/s1. The van der Waals surface area contributed by atoms with Crippen molar-refractivity contribution >= 4 is 23.7 Å². The van der Waals surface area contributed by atoms with Crippen molar-refractivity contribution in [1.29, 1.82) is 0 Å². The maximum Gasteiger partial charge on any atom is 0.211 e. The largest absolute Gasteiger partial charge is 0.294 e. The zero-order valence-electron chi connectivity index (χ0n) is 18.0. The molecule has 0 N–H and O–H groups in total. The smallest absolute Gasteiger partial charge is 0.211 e. The van der Waals surface area contributed by atoms with Gasteiger partial charge in [0.05, 0.1) is 11.8 Å². The van der Waals surface area contributed by atoms with E-state index in [0.717, 1.165) is 12.2 Å². The van der Waals surface area contributed by atoms with E-state index >= 15 is 0 Å². The Morgan fingerprint density at radius 3 is 1.65 bits per heavy atom. The Bertz CT molecular complexity index is 1170. The van der Waals surface area contributed by atoms with Gasteiger partial charge < -0.3 is 0 Å². The first-order valence-electron chi connectivity index (χ1n) is 10.5. The van der Waals surface area contributed by atoms with Crippen LogP contribution in [0.5, 0.6) is 0 Å². The molecule has 0 radical (unpaired) electrons. The number of halogens is 2. The van der Waals surface area contributed by atoms with E-state index in [0.29, 0.717) is 5.56 Å². The fourth-order valence-electron chi connectivity index (χ4n) is 3.57. The van der Waals surface area contributed by atoms with Crippen molar-refractivity contribution in [3.8, 4) is 0 Å². The molecule has 0 bridgehead atoms. The van der Waals surface area contributed by atoms with Crippen LogP contribution in [-0.4, -0.2) is 23.0 Å². The van der Waals surface area contributed by atoms with Gasteiger partial charge in [-0.25, -0.2) is 8.78 Å². The highest BCUT2D eigenvalue weighted by Crippen LogP contribution is 2.28. The van der Waals surface area contributed by atoms with E-state index in [1.54, 1.807) is 42.5 Å². The first-order chi connectivity index (χ1) is 16.4. The summed E-state index contributed by atoms with van der Waals surface area (Å²) < 4.78 is 28.0. The molecule has 0 aromatic heterocycles. The van der Waals surface area contributed by atoms with Gasteiger partial charge in [-0.2, -0.15) is 0 Å². The van der Waals surface area contributed by atoms with Gasteiger partial charge in [0.2, 0.25) is 6.54 Å². The number of nitro groups is 1. The van der Waals surface area contributed by atoms with Crippen molar-refractivity contribution in [2.24, 2.45) is 5.92 Å². The van der Waals surface area contributed by atoms with Crippen molar-refractivity contribution in [3.63, 3.8) is 0 Å². The number of hydrogen-bond acceptors (Lipinski definition) is 4. The SMILES string of the molecule is O=C(/C=C\c1ccccc1F)C(C(=O)/C=C/c1ccccc1F)[C@H](C[N+](=O)[O-])c1ccccc1. The van der Waals surface area contributed by atoms with Gasteiger partial charge in [0.1, 0.15) is 11.6 Å². The molecule has 0 saturated heterocycles. The Morgan fingerprint density at radius 1 is 0.765 bits per heavy atom. The molecule has 0 aliphatic heterocycles. The molecule has 0 fully saturated rings. The van der Waals surface area contributed by atoms with Gasteiger partial charge in [-0.3, -0.25) is 19.7 Å². The lowest BCUT2D eigenvalue weighted by atomic mass is 9.80. The number of carbonyl (C=O) groups is 2. The van der Waals surface area contributed by atoms with Crippen LogP contribution in [0.15, 0.2) is 91.0 Å². The van der Waals surface area contributed by atoms with E-state index in [1.165, 1.54) is 48.6 Å². The van der Waals surface area contributed by atoms with Crippen LogP contribution >= 0.6 is 0 Å². The number of rotatable bonds is 10. The second-order valence-corrected chi connectivity index (χ2v) is 7.52. The quantitative estimate of drug-likeness (QED) is 0.173. The Kier molecular flexibility index (Phi) is 8.29. The molecule has 0 spiro atoms. The van der Waals surface area contributed by atoms with Gasteiger partial charge in [-0.05, 0) is 42.0 Å². The Morgan fingerprint density at radius 2 is 1.21 bits per heavy atom. The number of ketones is 2. The summed E-state index contributed by atoms with van der Waals surface area (Å²) in [5, 5.41) is 11.4. The minimum absolute atomic E-state index is 0.134. The number of allylic oxidation sites excluding steroid dienone is 2. The van der Waals surface area contributed by atoms with Crippen LogP contribution < -0.4 is 0 Å². The van der Waals surface area contributed by atoms with Crippen molar-refractivity contribution in [2.75, 3.05) is 6.54 Å². The molecule has 5 nitrogen and oxygen atoms in total. The molecule has 7 heteroatoms. The third-order valence-electron chi connectivity index (χ3n) is 5.25. The van der Waals surface area contributed by atoms with E-state index in [1.807, 2.05) is 0 Å². The molecule has 34 heavy (non-hydrogen) atoms. The van der Waals surface area contributed by atoms with Crippen LogP contribution in [0.4, 0.5) is 8.78 Å². The van der Waals surface area contributed by atoms with Crippen molar-refractivity contribution in [3.05, 3.63) is 129 Å². The number of carbonyl (C=O) groups excluding carboxylic acids is 2. The summed E-state index contributed by atoms with van der Waals surface area (Å²) in [7, 11) is 0. The molecule has 3 aromatic carbocycles. The highest BCUT2D eigenvalue weighted by Gasteiger charge is 2.36. The molecule has 0 saturated carbocycles. The fraction of sp³-hybridized carbons (Fsp3) is 0.111. The summed E-state index contributed by atoms with van der Waals surface area (Å²) in [6.45, 7) is -0.673. The zero-order valence-corrected chi connectivity index (χ0v) is 18.0. The summed E-state index contributed by atoms with van der Waals surface area (Å²) >= 11 is 0. The van der Waals surface area contributed by atoms with E-state index in [-0.39, 0.29) is 11.1 Å². The molecular formula is C27H21F2NO4. The first kappa shape index (κ1) is 24.4. The minimum Gasteiger partial charge on any atom is -0.294 e. The highest BCUT2D eigenvalue weighted by molar-refractivity contribution is 6.14. The van der Waals surface area contributed by atoms with Crippen LogP contribution in [-0.2, 0) is 9.59 Å². The predicted octanol–water partition coefficient (Wildman–Crippen LogP) is 5.51. The van der Waals surface area contributed by atoms with Crippen LogP contribution in [0.3, 0.4) is 0 Å². The third-order valence-corrected chi connectivity index (χ3v) is 5.25. The van der Waals surface area contributed by atoms with E-state index < -0.39 is 46.5 Å². The van der Waals surface area contributed by atoms with Gasteiger partial charge in [-0.1, -0.05) is 66.7 Å². The fourth-order valence-corrected chi connectivity index (χ4v) is 3.57. The molecule has 0 heterocycles. The maximum absolute atomic E-state index is 14.0. The summed E-state index contributed by atoms with van der Waals surface area (Å²) in [6, 6.07) is 19.8. The number of hydrogen-bond donors (Lipinski definition) is 0. The van der Waals surface area contributed by atoms with Crippen LogP contribution in [0.2, 0.25) is 0 Å². The average molecular weight is 461 g/mol. The normalized spacial score (nSPS) is 13.1. The third kappa shape index (κ3) is 6.38. The monoisotopic (exact) mass is 461 g/mol. The van der Waals surface area contributed by atoms with E-state index in [9.17, 15) is 28.5 Å². The van der Waals surface area contributed by atoms with Crippen molar-refractivity contribution < 1.29 is 23.3 Å². The van der Waals surface area contributed by atoms with Crippen molar-refractivity contribution in [2.45, 2.75) is 5.92 Å². The number of nitrogens with zero attached hydrogens (tertiary/aromatic N) is 1. The molecular weight excluding hydrogens is 440 g/mol. The molecule has 172 valence electrons. The summed E-state index contributed by atoms with van der Waals surface area (Å²) in [5.41, 5.74) is 0.702. The van der Waals surface area contributed by atoms with Crippen molar-refractivity contribution in [1.82, 2.24) is 0 Å². The predicted molar refractivity (Wildman–Crippen MR) is 125 cm³/mol. The molecule has 0 aliphatic rings. The second-order valence-electron chi connectivity index (χ2n) is 7.52. The van der Waals surface area contributed by atoms with Gasteiger partial charge >= 0.3 is 0 Å². The van der Waals surface area contributed by atoms with E-state index in [4.69, 9.17) is 0 Å². The topological polar surface area (TPSA) is 77.3 Å². The molecule has 0 aliphatic carbocycles. The van der Waals surface area contributed by atoms with Gasteiger partial charge in [-0.15, -0.1) is 0 Å². The highest BCUT2D eigenvalue weighted by atomic mass is 19.1. The van der Waals surface area contributed by atoms with Crippen LogP contribution in [0.25, 0.3) is 12.2 Å². The second kappa shape index (κ2) is 11.6. The molecule has 1 unspecified atom stereocenters. The number of benzene rings is 3.